The van der Waals surface area contributed by atoms with Crippen LogP contribution in [0.3, 0.4) is 0 Å². The lowest BCUT2D eigenvalue weighted by molar-refractivity contribution is -0.127. The molecule has 21 heavy (non-hydrogen) atoms. The van der Waals surface area contributed by atoms with Gasteiger partial charge in [0.25, 0.3) is 0 Å². The van der Waals surface area contributed by atoms with Crippen LogP contribution in [0.15, 0.2) is 24.3 Å². The van der Waals surface area contributed by atoms with Gasteiger partial charge in [-0.3, -0.25) is 4.79 Å². The van der Waals surface area contributed by atoms with E-state index >= 15 is 0 Å². The number of hydrogen-bond acceptors (Lipinski definition) is 3. The van der Waals surface area contributed by atoms with Crippen molar-refractivity contribution in [1.82, 2.24) is 5.32 Å². The molecule has 0 heterocycles. The Kier molecular flexibility index (Phi) is 5.70. The van der Waals surface area contributed by atoms with Crippen LogP contribution in [-0.2, 0) is 9.53 Å². The fourth-order valence-electron chi connectivity index (χ4n) is 3.03. The number of nitrogens with two attached hydrogens (primary N) is 1. The summed E-state index contributed by atoms with van der Waals surface area (Å²) in [6.45, 7) is 0.904. The molecule has 1 fully saturated rings. The summed E-state index contributed by atoms with van der Waals surface area (Å²) in [5, 5.41) is 3.02. The zero-order valence-corrected chi connectivity index (χ0v) is 12.3. The monoisotopic (exact) mass is 294 g/mol. The molecule has 5 heteroatoms. The van der Waals surface area contributed by atoms with Crippen LogP contribution in [0.2, 0.25) is 0 Å². The molecule has 1 aromatic carbocycles. The minimum Gasteiger partial charge on any atom is -0.382 e. The van der Waals surface area contributed by atoms with Gasteiger partial charge >= 0.3 is 0 Å². The maximum absolute atomic E-state index is 13.0. The van der Waals surface area contributed by atoms with Crippen molar-refractivity contribution in [3.8, 4) is 0 Å². The van der Waals surface area contributed by atoms with Crippen LogP contribution in [0, 0.1) is 17.7 Å². The predicted molar refractivity (Wildman–Crippen MR) is 79.0 cm³/mol. The lowest BCUT2D eigenvalue weighted by atomic mass is 9.94. The van der Waals surface area contributed by atoms with E-state index in [0.717, 1.165) is 24.8 Å². The Bertz CT molecular complexity index is 464. The maximum atomic E-state index is 13.0. The van der Waals surface area contributed by atoms with Gasteiger partial charge in [-0.15, -0.1) is 0 Å². The lowest BCUT2D eigenvalue weighted by Gasteiger charge is -2.23. The molecule has 0 bridgehead atoms. The number of amides is 1. The molecule has 0 aromatic heterocycles. The number of carbonyl (C=O) groups excluding carboxylic acids is 1. The molecule has 0 spiro atoms. The molecule has 4 nitrogen and oxygen atoms in total. The predicted octanol–water partition coefficient (Wildman–Crippen LogP) is 2.00. The lowest BCUT2D eigenvalue weighted by Crippen LogP contribution is -2.38. The van der Waals surface area contributed by atoms with Crippen molar-refractivity contribution in [2.75, 3.05) is 20.3 Å². The minimum absolute atomic E-state index is 0.0187. The molecule has 116 valence electrons. The number of hydrogen-bond donors (Lipinski definition) is 2. The molecule has 1 aromatic rings. The Morgan fingerprint density at radius 3 is 2.76 bits per heavy atom. The van der Waals surface area contributed by atoms with Crippen LogP contribution in [0.1, 0.15) is 30.9 Å². The number of ether oxygens (including phenoxy) is 1. The number of benzene rings is 1. The van der Waals surface area contributed by atoms with Crippen molar-refractivity contribution >= 4 is 5.91 Å². The van der Waals surface area contributed by atoms with Crippen LogP contribution in [-0.4, -0.2) is 26.2 Å². The summed E-state index contributed by atoms with van der Waals surface area (Å²) in [6, 6.07) is 5.87. The van der Waals surface area contributed by atoms with E-state index in [2.05, 4.69) is 5.32 Å². The third-order valence-corrected chi connectivity index (χ3v) is 4.22. The van der Waals surface area contributed by atoms with Crippen LogP contribution in [0.5, 0.6) is 0 Å². The van der Waals surface area contributed by atoms with Crippen LogP contribution in [0.25, 0.3) is 0 Å². The largest absolute Gasteiger partial charge is 0.382 e. The summed E-state index contributed by atoms with van der Waals surface area (Å²) in [4.78, 5) is 12.4. The summed E-state index contributed by atoms with van der Waals surface area (Å²) < 4.78 is 18.2. The first kappa shape index (κ1) is 15.9. The average Bonchev–Trinajstić information content (AvgIpc) is 2.96. The third-order valence-electron chi connectivity index (χ3n) is 4.22. The Balaban J connectivity index is 2.05. The molecule has 0 radical (unpaired) electrons. The number of carbonyl (C=O) groups is 1. The minimum atomic E-state index is -0.291. The molecular formula is C16H23FN2O2. The molecule has 1 amide bonds. The van der Waals surface area contributed by atoms with Crippen molar-refractivity contribution < 1.29 is 13.9 Å². The van der Waals surface area contributed by atoms with Crippen LogP contribution < -0.4 is 11.1 Å². The SMILES string of the molecule is COCC(NC(=O)[C@@H]1CCC[C@@H]1CN)c1ccc(F)cc1. The Morgan fingerprint density at radius 1 is 1.43 bits per heavy atom. The first-order valence-electron chi connectivity index (χ1n) is 7.40. The fourth-order valence-corrected chi connectivity index (χ4v) is 3.03. The van der Waals surface area contributed by atoms with E-state index in [-0.39, 0.29) is 29.6 Å². The average molecular weight is 294 g/mol. The van der Waals surface area contributed by atoms with E-state index in [0.29, 0.717) is 13.2 Å². The molecule has 1 saturated carbocycles. The molecular weight excluding hydrogens is 271 g/mol. The first-order chi connectivity index (χ1) is 10.2. The highest BCUT2D eigenvalue weighted by Crippen LogP contribution is 2.31. The van der Waals surface area contributed by atoms with E-state index in [9.17, 15) is 9.18 Å². The van der Waals surface area contributed by atoms with Crippen molar-refractivity contribution in [2.24, 2.45) is 17.6 Å². The second-order valence-corrected chi connectivity index (χ2v) is 5.60. The number of halogens is 1. The van der Waals surface area contributed by atoms with Gasteiger partial charge in [0.05, 0.1) is 12.6 Å². The van der Waals surface area contributed by atoms with Gasteiger partial charge in [-0.2, -0.15) is 0 Å². The van der Waals surface area contributed by atoms with Gasteiger partial charge in [-0.1, -0.05) is 18.6 Å². The quantitative estimate of drug-likeness (QED) is 0.843. The second-order valence-electron chi connectivity index (χ2n) is 5.60. The first-order valence-corrected chi connectivity index (χ1v) is 7.40. The molecule has 3 N–H and O–H groups in total. The van der Waals surface area contributed by atoms with Gasteiger partial charge in [0.1, 0.15) is 5.82 Å². The van der Waals surface area contributed by atoms with Gasteiger partial charge in [0, 0.05) is 13.0 Å². The van der Waals surface area contributed by atoms with E-state index < -0.39 is 0 Å². The van der Waals surface area contributed by atoms with Crippen LogP contribution in [0.4, 0.5) is 4.39 Å². The summed E-state index contributed by atoms with van der Waals surface area (Å²) in [6.07, 6.45) is 2.95. The Hall–Kier alpha value is -1.46. The topological polar surface area (TPSA) is 64.3 Å². The second kappa shape index (κ2) is 7.52. The van der Waals surface area contributed by atoms with Gasteiger partial charge < -0.3 is 15.8 Å². The van der Waals surface area contributed by atoms with Gasteiger partial charge in [0.2, 0.25) is 5.91 Å². The smallest absolute Gasteiger partial charge is 0.224 e. The highest BCUT2D eigenvalue weighted by atomic mass is 19.1. The normalized spacial score (nSPS) is 23.0. The standard InChI is InChI=1S/C16H23FN2O2/c1-21-10-15(11-5-7-13(17)8-6-11)19-16(20)14-4-2-3-12(14)9-18/h5-8,12,14-15H,2-4,9-10,18H2,1H3,(H,19,20)/t12-,14-,15?/m1/s1. The van der Waals surface area contributed by atoms with Crippen molar-refractivity contribution in [3.63, 3.8) is 0 Å². The fraction of sp³-hybridized carbons (Fsp3) is 0.562. The number of methoxy groups -OCH3 is 1. The zero-order valence-electron chi connectivity index (χ0n) is 12.3. The summed E-state index contributed by atoms with van der Waals surface area (Å²) in [5.41, 5.74) is 6.57. The maximum Gasteiger partial charge on any atom is 0.224 e. The molecule has 0 saturated heterocycles. The highest BCUT2D eigenvalue weighted by molar-refractivity contribution is 5.79. The van der Waals surface area contributed by atoms with Crippen molar-refractivity contribution in [1.29, 1.82) is 0 Å². The Labute approximate surface area is 124 Å². The number of rotatable bonds is 6. The van der Waals surface area contributed by atoms with Crippen molar-refractivity contribution in [2.45, 2.75) is 25.3 Å². The highest BCUT2D eigenvalue weighted by Gasteiger charge is 2.33. The summed E-state index contributed by atoms with van der Waals surface area (Å²) in [5.74, 6) is -0.0224. The third kappa shape index (κ3) is 4.02. The van der Waals surface area contributed by atoms with E-state index in [4.69, 9.17) is 10.5 Å². The van der Waals surface area contributed by atoms with E-state index in [1.54, 1.807) is 19.2 Å². The van der Waals surface area contributed by atoms with E-state index in [1.807, 2.05) is 0 Å². The molecule has 1 unspecified atom stereocenters. The molecule has 1 aliphatic rings. The zero-order chi connectivity index (χ0) is 15.2. The van der Waals surface area contributed by atoms with Gasteiger partial charge in [-0.05, 0) is 43.0 Å². The summed E-state index contributed by atoms with van der Waals surface area (Å²) in [7, 11) is 1.58. The van der Waals surface area contributed by atoms with Gasteiger partial charge in [0.15, 0.2) is 0 Å². The van der Waals surface area contributed by atoms with Crippen molar-refractivity contribution in [3.05, 3.63) is 35.6 Å². The van der Waals surface area contributed by atoms with Gasteiger partial charge in [-0.25, -0.2) is 4.39 Å². The summed E-state index contributed by atoms with van der Waals surface area (Å²) >= 11 is 0. The molecule has 3 atom stereocenters. The molecule has 0 aliphatic heterocycles. The Morgan fingerprint density at radius 2 is 2.14 bits per heavy atom. The number of nitrogens with one attached hydrogen (secondary N) is 1. The van der Waals surface area contributed by atoms with E-state index in [1.165, 1.54) is 12.1 Å². The molecule has 1 aliphatic carbocycles. The molecule has 2 rings (SSSR count). The van der Waals surface area contributed by atoms with Crippen LogP contribution >= 0.6 is 0 Å².